The highest BCUT2D eigenvalue weighted by atomic mass is 35.5. The molecule has 0 saturated heterocycles. The molecule has 0 spiro atoms. The van der Waals surface area contributed by atoms with Crippen LogP contribution in [0.1, 0.15) is 21.1 Å². The summed E-state index contributed by atoms with van der Waals surface area (Å²) in [6, 6.07) is 2.57. The first kappa shape index (κ1) is 12.8. The molecule has 0 unspecified atom stereocenters. The molecule has 8 heteroatoms. The number of aromatic nitrogens is 1. The molecule has 1 heterocycles. The van der Waals surface area contributed by atoms with Gasteiger partial charge in [0.2, 0.25) is 0 Å². The van der Waals surface area contributed by atoms with Crippen LogP contribution < -0.4 is 0 Å². The van der Waals surface area contributed by atoms with E-state index in [9.17, 15) is 10.1 Å². The van der Waals surface area contributed by atoms with E-state index in [1.54, 1.807) is 0 Å². The molecule has 0 aliphatic rings. The van der Waals surface area contributed by atoms with Gasteiger partial charge in [-0.25, -0.2) is 4.98 Å². The van der Waals surface area contributed by atoms with Crippen molar-refractivity contribution in [2.24, 2.45) is 0 Å². The van der Waals surface area contributed by atoms with E-state index >= 15 is 0 Å². The maximum absolute atomic E-state index is 10.6. The first-order valence-corrected chi connectivity index (χ1v) is 5.39. The van der Waals surface area contributed by atoms with Gasteiger partial charge in [-0.1, -0.05) is 46.4 Å². The van der Waals surface area contributed by atoms with Gasteiger partial charge < -0.3 is 0 Å². The Kier molecular flexibility index (Phi) is 4.40. The van der Waals surface area contributed by atoms with E-state index in [0.29, 0.717) is 0 Å². The van der Waals surface area contributed by atoms with Crippen molar-refractivity contribution in [2.45, 2.75) is 9.67 Å². The Morgan fingerprint density at radius 1 is 1.20 bits per heavy atom. The van der Waals surface area contributed by atoms with Crippen molar-refractivity contribution in [1.82, 2.24) is 4.98 Å². The Balaban J connectivity index is 3.27. The Hall–Kier alpha value is -0.290. The van der Waals surface area contributed by atoms with Crippen LogP contribution in [-0.2, 0) is 0 Å². The van der Waals surface area contributed by atoms with Crippen molar-refractivity contribution in [3.8, 4) is 0 Å². The molecule has 82 valence electrons. The van der Waals surface area contributed by atoms with Gasteiger partial charge >= 0.3 is 0 Å². The second-order valence-electron chi connectivity index (χ2n) is 2.50. The lowest BCUT2D eigenvalue weighted by Gasteiger charge is -2.06. The minimum atomic E-state index is -1.10. The molecule has 0 N–H and O–H groups in total. The molecule has 4 nitrogen and oxygen atoms in total. The van der Waals surface area contributed by atoms with Crippen LogP contribution in [0.15, 0.2) is 12.1 Å². The van der Waals surface area contributed by atoms with Gasteiger partial charge in [-0.3, -0.25) is 10.1 Å². The number of pyridine rings is 1. The number of hydrogen-bond donors (Lipinski definition) is 0. The summed E-state index contributed by atoms with van der Waals surface area (Å²) < 4.78 is 0. The standard InChI is InChI=1S/C7H4Cl4N2O2/c8-6(9)3-1-2-4(13(14)15)5(12-3)7(10)11/h1-2,6-7H. The molecule has 1 aromatic rings. The molecule has 0 amide bonds. The highest BCUT2D eigenvalue weighted by molar-refractivity contribution is 6.44. The van der Waals surface area contributed by atoms with Gasteiger partial charge in [0.1, 0.15) is 4.84 Å². The third-order valence-electron chi connectivity index (χ3n) is 1.55. The SMILES string of the molecule is O=[N+]([O-])c1ccc(C(Cl)Cl)nc1C(Cl)Cl. The van der Waals surface area contributed by atoms with Crippen LogP contribution in [0.4, 0.5) is 5.69 Å². The average Bonchev–Trinajstić information content (AvgIpc) is 2.16. The van der Waals surface area contributed by atoms with E-state index in [1.807, 2.05) is 0 Å². The van der Waals surface area contributed by atoms with Gasteiger partial charge in [-0.15, -0.1) is 0 Å². The molecule has 0 aromatic carbocycles. The van der Waals surface area contributed by atoms with E-state index in [4.69, 9.17) is 46.4 Å². The number of halogens is 4. The Morgan fingerprint density at radius 3 is 2.20 bits per heavy atom. The second-order valence-corrected chi connectivity index (χ2v) is 4.69. The minimum Gasteiger partial charge on any atom is -0.258 e. The summed E-state index contributed by atoms with van der Waals surface area (Å²) in [5.41, 5.74) is -0.0555. The van der Waals surface area contributed by atoms with Gasteiger partial charge in [0.15, 0.2) is 10.5 Å². The Bertz CT molecular complexity index is 383. The number of rotatable bonds is 3. The molecular formula is C7H4Cl4N2O2. The topological polar surface area (TPSA) is 56.0 Å². The zero-order valence-electron chi connectivity index (χ0n) is 7.03. The average molecular weight is 290 g/mol. The predicted molar refractivity (Wildman–Crippen MR) is 59.8 cm³/mol. The van der Waals surface area contributed by atoms with Crippen molar-refractivity contribution >= 4 is 52.1 Å². The zero-order chi connectivity index (χ0) is 11.6. The molecule has 0 bridgehead atoms. The summed E-state index contributed by atoms with van der Waals surface area (Å²) >= 11 is 22.2. The van der Waals surface area contributed by atoms with Crippen molar-refractivity contribution in [2.75, 3.05) is 0 Å². The molecular weight excluding hydrogens is 286 g/mol. The molecule has 0 fully saturated rings. The highest BCUT2D eigenvalue weighted by Gasteiger charge is 2.22. The maximum Gasteiger partial charge on any atom is 0.293 e. The normalized spacial score (nSPS) is 11.1. The summed E-state index contributed by atoms with van der Waals surface area (Å²) in [5.74, 6) is 0. The molecule has 0 aliphatic carbocycles. The zero-order valence-corrected chi connectivity index (χ0v) is 10.1. The van der Waals surface area contributed by atoms with Gasteiger partial charge in [-0.05, 0) is 6.07 Å². The largest absolute Gasteiger partial charge is 0.293 e. The lowest BCUT2D eigenvalue weighted by molar-refractivity contribution is -0.385. The van der Waals surface area contributed by atoms with E-state index < -0.39 is 14.6 Å². The fraction of sp³-hybridized carbons (Fsp3) is 0.286. The molecule has 1 rings (SSSR count). The monoisotopic (exact) mass is 288 g/mol. The number of nitrogens with zero attached hydrogens (tertiary/aromatic N) is 2. The fourth-order valence-corrected chi connectivity index (χ4v) is 1.48. The van der Waals surface area contributed by atoms with E-state index in [0.717, 1.165) is 0 Å². The first-order chi connectivity index (χ1) is 6.93. The molecule has 0 radical (unpaired) electrons. The van der Waals surface area contributed by atoms with Gasteiger partial charge in [-0.2, -0.15) is 0 Å². The number of hydrogen-bond acceptors (Lipinski definition) is 3. The third-order valence-corrected chi connectivity index (χ3v) is 2.41. The summed E-state index contributed by atoms with van der Waals surface area (Å²) in [5, 5.41) is 10.6. The van der Waals surface area contributed by atoms with Crippen molar-refractivity contribution in [1.29, 1.82) is 0 Å². The lowest BCUT2D eigenvalue weighted by Crippen LogP contribution is -2.01. The highest BCUT2D eigenvalue weighted by Crippen LogP contribution is 2.33. The van der Waals surface area contributed by atoms with Gasteiger partial charge in [0, 0.05) is 6.07 Å². The van der Waals surface area contributed by atoms with Crippen LogP contribution >= 0.6 is 46.4 Å². The third kappa shape index (κ3) is 3.08. The van der Waals surface area contributed by atoms with E-state index in [-0.39, 0.29) is 17.1 Å². The Morgan fingerprint density at radius 2 is 1.80 bits per heavy atom. The quantitative estimate of drug-likeness (QED) is 0.481. The lowest BCUT2D eigenvalue weighted by atomic mass is 10.3. The van der Waals surface area contributed by atoms with Crippen LogP contribution in [0.2, 0.25) is 0 Å². The molecule has 0 saturated carbocycles. The van der Waals surface area contributed by atoms with Gasteiger partial charge in [0.05, 0.1) is 10.6 Å². The van der Waals surface area contributed by atoms with Crippen LogP contribution in [-0.4, -0.2) is 9.91 Å². The summed E-state index contributed by atoms with van der Waals surface area (Å²) in [6.45, 7) is 0. The van der Waals surface area contributed by atoms with Crippen LogP contribution in [0.5, 0.6) is 0 Å². The number of alkyl halides is 4. The smallest absolute Gasteiger partial charge is 0.258 e. The molecule has 0 atom stereocenters. The Labute approximate surface area is 105 Å². The van der Waals surface area contributed by atoms with Crippen molar-refractivity contribution in [3.63, 3.8) is 0 Å². The maximum atomic E-state index is 10.6. The molecule has 0 aliphatic heterocycles. The summed E-state index contributed by atoms with van der Waals surface area (Å²) in [4.78, 5) is 11.8. The minimum absolute atomic E-state index is 0.0628. The van der Waals surface area contributed by atoms with Gasteiger partial charge in [0.25, 0.3) is 5.69 Å². The predicted octanol–water partition coefficient (Wildman–Crippen LogP) is 3.94. The van der Waals surface area contributed by atoms with E-state index in [2.05, 4.69) is 4.98 Å². The van der Waals surface area contributed by atoms with Crippen LogP contribution in [0.25, 0.3) is 0 Å². The summed E-state index contributed by atoms with van der Waals surface area (Å²) in [6.07, 6.45) is 0. The van der Waals surface area contributed by atoms with Crippen LogP contribution in [0.3, 0.4) is 0 Å². The van der Waals surface area contributed by atoms with Crippen molar-refractivity contribution in [3.05, 3.63) is 33.6 Å². The van der Waals surface area contributed by atoms with Crippen LogP contribution in [0, 0.1) is 10.1 Å². The molecule has 1 aromatic heterocycles. The fourth-order valence-electron chi connectivity index (χ4n) is 0.920. The summed E-state index contributed by atoms with van der Waals surface area (Å²) in [7, 11) is 0. The van der Waals surface area contributed by atoms with Crippen molar-refractivity contribution < 1.29 is 4.92 Å². The first-order valence-electron chi connectivity index (χ1n) is 3.65. The second kappa shape index (κ2) is 5.16. The number of nitro groups is 1. The van der Waals surface area contributed by atoms with E-state index in [1.165, 1.54) is 12.1 Å². The molecule has 15 heavy (non-hydrogen) atoms.